The van der Waals surface area contributed by atoms with E-state index in [2.05, 4.69) is 4.74 Å². The number of methoxy groups -OCH3 is 1. The first-order valence-electron chi connectivity index (χ1n) is 5.15. The molecule has 1 rings (SSSR count). The molecule has 0 aromatic rings. The third-order valence-corrected chi connectivity index (χ3v) is 2.73. The van der Waals surface area contributed by atoms with Gasteiger partial charge in [0.25, 0.3) is 0 Å². The second-order valence-electron chi connectivity index (χ2n) is 3.76. The summed E-state index contributed by atoms with van der Waals surface area (Å²) in [6.07, 6.45) is 3.90. The number of esters is 1. The summed E-state index contributed by atoms with van der Waals surface area (Å²) in [6.45, 7) is 1.69. The van der Waals surface area contributed by atoms with Crippen molar-refractivity contribution in [2.45, 2.75) is 31.7 Å². The molecule has 0 spiro atoms. The lowest BCUT2D eigenvalue weighted by atomic mass is 9.93. The van der Waals surface area contributed by atoms with Crippen LogP contribution in [0.3, 0.4) is 0 Å². The highest BCUT2D eigenvalue weighted by molar-refractivity contribution is 5.85. The van der Waals surface area contributed by atoms with Gasteiger partial charge in [-0.25, -0.2) is 0 Å². The zero-order valence-electron chi connectivity index (χ0n) is 9.11. The standard InChI is InChI=1S/C10H19NO3.ClH/c1-13-10(12)9(11)3-2-8-4-6-14-7-5-8;/h8-9H,2-7,11H2,1H3;1H. The maximum absolute atomic E-state index is 11.0. The fourth-order valence-corrected chi connectivity index (χ4v) is 1.72. The van der Waals surface area contributed by atoms with Crippen LogP contribution in [0.5, 0.6) is 0 Å². The summed E-state index contributed by atoms with van der Waals surface area (Å²) in [5.41, 5.74) is 5.64. The van der Waals surface area contributed by atoms with E-state index in [0.717, 1.165) is 38.9 Å². The number of nitrogens with two attached hydrogens (primary N) is 1. The Hall–Kier alpha value is -0.320. The van der Waals surface area contributed by atoms with Gasteiger partial charge in [0.1, 0.15) is 6.04 Å². The van der Waals surface area contributed by atoms with Crippen molar-refractivity contribution in [3.05, 3.63) is 0 Å². The first-order valence-corrected chi connectivity index (χ1v) is 5.15. The summed E-state index contributed by atoms with van der Waals surface area (Å²) in [6, 6.07) is -0.456. The average molecular weight is 238 g/mol. The lowest BCUT2D eigenvalue weighted by Gasteiger charge is -2.22. The Balaban J connectivity index is 0.00000196. The molecule has 0 aromatic heterocycles. The molecule has 0 radical (unpaired) electrons. The molecule has 2 N–H and O–H groups in total. The van der Waals surface area contributed by atoms with Gasteiger partial charge in [-0.05, 0) is 31.6 Å². The Bertz CT molecular complexity index is 184. The van der Waals surface area contributed by atoms with Gasteiger partial charge in [-0.3, -0.25) is 4.79 Å². The van der Waals surface area contributed by atoms with E-state index in [-0.39, 0.29) is 18.4 Å². The smallest absolute Gasteiger partial charge is 0.322 e. The lowest BCUT2D eigenvalue weighted by Crippen LogP contribution is -2.32. The molecule has 1 aliphatic heterocycles. The van der Waals surface area contributed by atoms with Crippen LogP contribution in [0.15, 0.2) is 0 Å². The zero-order valence-corrected chi connectivity index (χ0v) is 9.92. The topological polar surface area (TPSA) is 61.5 Å². The second kappa shape index (κ2) is 7.91. The number of halogens is 1. The van der Waals surface area contributed by atoms with Crippen LogP contribution in [0.1, 0.15) is 25.7 Å². The van der Waals surface area contributed by atoms with Crippen molar-refractivity contribution < 1.29 is 14.3 Å². The highest BCUT2D eigenvalue weighted by Gasteiger charge is 2.18. The van der Waals surface area contributed by atoms with Crippen molar-refractivity contribution in [2.75, 3.05) is 20.3 Å². The highest BCUT2D eigenvalue weighted by Crippen LogP contribution is 2.20. The van der Waals surface area contributed by atoms with Crippen molar-refractivity contribution >= 4 is 18.4 Å². The predicted molar refractivity (Wildman–Crippen MR) is 60.0 cm³/mol. The highest BCUT2D eigenvalue weighted by atomic mass is 35.5. The quantitative estimate of drug-likeness (QED) is 0.745. The van der Waals surface area contributed by atoms with Crippen molar-refractivity contribution in [3.63, 3.8) is 0 Å². The number of carbonyl (C=O) groups excluding carboxylic acids is 1. The number of hydrogen-bond acceptors (Lipinski definition) is 4. The molecule has 1 unspecified atom stereocenters. The minimum atomic E-state index is -0.456. The van der Waals surface area contributed by atoms with Gasteiger partial charge in [-0.2, -0.15) is 0 Å². The molecule has 15 heavy (non-hydrogen) atoms. The molecule has 5 heteroatoms. The van der Waals surface area contributed by atoms with Crippen LogP contribution in [0.25, 0.3) is 0 Å². The number of carbonyl (C=O) groups is 1. The molecule has 0 aliphatic carbocycles. The maximum atomic E-state index is 11.0. The first kappa shape index (κ1) is 14.7. The van der Waals surface area contributed by atoms with Crippen molar-refractivity contribution in [1.82, 2.24) is 0 Å². The van der Waals surface area contributed by atoms with Gasteiger partial charge in [-0.15, -0.1) is 12.4 Å². The van der Waals surface area contributed by atoms with E-state index in [9.17, 15) is 4.79 Å². The number of ether oxygens (including phenoxy) is 2. The van der Waals surface area contributed by atoms with Gasteiger partial charge in [-0.1, -0.05) is 0 Å². The summed E-state index contributed by atoms with van der Waals surface area (Å²) in [7, 11) is 1.37. The van der Waals surface area contributed by atoms with Gasteiger partial charge < -0.3 is 15.2 Å². The molecule has 1 heterocycles. The molecule has 1 atom stereocenters. The molecular formula is C10H20ClNO3. The molecule has 4 nitrogen and oxygen atoms in total. The van der Waals surface area contributed by atoms with Crippen molar-refractivity contribution in [3.8, 4) is 0 Å². The number of hydrogen-bond donors (Lipinski definition) is 1. The van der Waals surface area contributed by atoms with Crippen LogP contribution in [0, 0.1) is 5.92 Å². The van der Waals surface area contributed by atoms with Gasteiger partial charge in [0, 0.05) is 13.2 Å². The normalized spacial score (nSPS) is 19.1. The third-order valence-electron chi connectivity index (χ3n) is 2.73. The largest absolute Gasteiger partial charge is 0.468 e. The van der Waals surface area contributed by atoms with Crippen LogP contribution >= 0.6 is 12.4 Å². The zero-order chi connectivity index (χ0) is 10.4. The van der Waals surface area contributed by atoms with E-state index in [1.54, 1.807) is 0 Å². The third kappa shape index (κ3) is 5.35. The van der Waals surface area contributed by atoms with Crippen LogP contribution < -0.4 is 5.73 Å². The number of rotatable bonds is 4. The fourth-order valence-electron chi connectivity index (χ4n) is 1.72. The van der Waals surface area contributed by atoms with Crippen LogP contribution in [0.4, 0.5) is 0 Å². The summed E-state index contributed by atoms with van der Waals surface area (Å²) >= 11 is 0. The monoisotopic (exact) mass is 237 g/mol. The molecular weight excluding hydrogens is 218 g/mol. The molecule has 1 fully saturated rings. The van der Waals surface area contributed by atoms with Gasteiger partial charge in [0.05, 0.1) is 7.11 Å². The van der Waals surface area contributed by atoms with E-state index in [4.69, 9.17) is 10.5 Å². The van der Waals surface area contributed by atoms with Gasteiger partial charge >= 0.3 is 5.97 Å². The summed E-state index contributed by atoms with van der Waals surface area (Å²) in [4.78, 5) is 11.0. The SMILES string of the molecule is COC(=O)C(N)CCC1CCOCC1.Cl. The Morgan fingerprint density at radius 1 is 1.53 bits per heavy atom. The molecule has 90 valence electrons. The van der Waals surface area contributed by atoms with E-state index in [1.165, 1.54) is 7.11 Å². The second-order valence-corrected chi connectivity index (χ2v) is 3.76. The van der Waals surface area contributed by atoms with Gasteiger partial charge in [0.2, 0.25) is 0 Å². The molecule has 0 aromatic carbocycles. The molecule has 0 saturated carbocycles. The molecule has 0 amide bonds. The van der Waals surface area contributed by atoms with Crippen LogP contribution in [-0.4, -0.2) is 32.3 Å². The Morgan fingerprint density at radius 3 is 2.67 bits per heavy atom. The summed E-state index contributed by atoms with van der Waals surface area (Å²) < 4.78 is 9.82. The minimum absolute atomic E-state index is 0. The predicted octanol–water partition coefficient (Wildman–Crippen LogP) is 1.12. The van der Waals surface area contributed by atoms with Crippen molar-refractivity contribution in [2.24, 2.45) is 11.7 Å². The van der Waals surface area contributed by atoms with Crippen LogP contribution in [-0.2, 0) is 14.3 Å². The van der Waals surface area contributed by atoms with Crippen LogP contribution in [0.2, 0.25) is 0 Å². The molecule has 1 saturated heterocycles. The fraction of sp³-hybridized carbons (Fsp3) is 0.900. The molecule has 0 bridgehead atoms. The Morgan fingerprint density at radius 2 is 2.13 bits per heavy atom. The average Bonchev–Trinajstić information content (AvgIpc) is 2.26. The minimum Gasteiger partial charge on any atom is -0.468 e. The lowest BCUT2D eigenvalue weighted by molar-refractivity contribution is -0.142. The first-order chi connectivity index (χ1) is 6.74. The van der Waals surface area contributed by atoms with Gasteiger partial charge in [0.15, 0.2) is 0 Å². The van der Waals surface area contributed by atoms with E-state index < -0.39 is 6.04 Å². The summed E-state index contributed by atoms with van der Waals surface area (Å²) in [5.74, 6) is 0.358. The van der Waals surface area contributed by atoms with E-state index in [1.807, 2.05) is 0 Å². The Kier molecular flexibility index (Phi) is 7.74. The maximum Gasteiger partial charge on any atom is 0.322 e. The van der Waals surface area contributed by atoms with E-state index in [0.29, 0.717) is 5.92 Å². The van der Waals surface area contributed by atoms with Crippen molar-refractivity contribution in [1.29, 1.82) is 0 Å². The molecule has 1 aliphatic rings. The Labute approximate surface area is 96.9 Å². The summed E-state index contributed by atoms with van der Waals surface area (Å²) in [5, 5.41) is 0. The van der Waals surface area contributed by atoms with E-state index >= 15 is 0 Å².